The molecule has 0 atom stereocenters. The van der Waals surface area contributed by atoms with Gasteiger partial charge in [0, 0.05) is 11.5 Å². The average Bonchev–Trinajstić information content (AvgIpc) is 2.58. The van der Waals surface area contributed by atoms with Crippen molar-refractivity contribution in [2.75, 3.05) is 5.73 Å². The van der Waals surface area contributed by atoms with Crippen LogP contribution in [0, 0.1) is 6.92 Å². The highest BCUT2D eigenvalue weighted by atomic mass is 32.1. The Morgan fingerprint density at radius 1 is 1.58 bits per heavy atom. The van der Waals surface area contributed by atoms with Gasteiger partial charge in [-0.1, -0.05) is 0 Å². The summed E-state index contributed by atoms with van der Waals surface area (Å²) in [4.78, 5) is 7.88. The SMILES string of the molecule is Cc1nsc(-n2cnc(N)n2)n1. The van der Waals surface area contributed by atoms with Crippen LogP contribution in [0.1, 0.15) is 5.82 Å². The van der Waals surface area contributed by atoms with Gasteiger partial charge in [-0.3, -0.25) is 0 Å². The Balaban J connectivity index is 2.43. The van der Waals surface area contributed by atoms with Crippen LogP contribution < -0.4 is 5.73 Å². The number of rotatable bonds is 1. The minimum atomic E-state index is 0.239. The molecular weight excluding hydrogens is 176 g/mol. The first-order valence-corrected chi connectivity index (χ1v) is 4.01. The van der Waals surface area contributed by atoms with Gasteiger partial charge in [-0.15, -0.1) is 5.10 Å². The first-order valence-electron chi connectivity index (χ1n) is 3.23. The molecule has 0 fully saturated rings. The molecule has 2 aromatic heterocycles. The van der Waals surface area contributed by atoms with E-state index in [0.29, 0.717) is 5.13 Å². The lowest BCUT2D eigenvalue weighted by molar-refractivity contribution is 0.866. The second-order valence-electron chi connectivity index (χ2n) is 2.17. The van der Waals surface area contributed by atoms with Crippen LogP contribution in [0.2, 0.25) is 0 Å². The van der Waals surface area contributed by atoms with Crippen molar-refractivity contribution in [3.63, 3.8) is 0 Å². The number of anilines is 1. The third kappa shape index (κ3) is 1.14. The van der Waals surface area contributed by atoms with Gasteiger partial charge in [0.05, 0.1) is 0 Å². The number of hydrogen-bond acceptors (Lipinski definition) is 6. The van der Waals surface area contributed by atoms with Crippen molar-refractivity contribution in [2.45, 2.75) is 6.92 Å². The minimum Gasteiger partial charge on any atom is -0.366 e. The van der Waals surface area contributed by atoms with E-state index in [2.05, 4.69) is 19.4 Å². The fourth-order valence-corrected chi connectivity index (χ4v) is 1.35. The Kier molecular flexibility index (Phi) is 1.51. The lowest BCUT2D eigenvalue weighted by Gasteiger charge is -1.87. The summed E-state index contributed by atoms with van der Waals surface area (Å²) in [5.74, 6) is 0.965. The number of nitrogen functional groups attached to an aromatic ring is 1. The largest absolute Gasteiger partial charge is 0.366 e. The molecule has 0 amide bonds. The van der Waals surface area contributed by atoms with Crippen LogP contribution in [0.25, 0.3) is 5.13 Å². The first kappa shape index (κ1) is 7.17. The Hall–Kier alpha value is -1.50. The van der Waals surface area contributed by atoms with Crippen molar-refractivity contribution in [3.8, 4) is 5.13 Å². The molecule has 12 heavy (non-hydrogen) atoms. The van der Waals surface area contributed by atoms with Gasteiger partial charge in [-0.2, -0.15) is 9.06 Å². The zero-order valence-electron chi connectivity index (χ0n) is 6.30. The van der Waals surface area contributed by atoms with E-state index in [-0.39, 0.29) is 5.95 Å². The maximum atomic E-state index is 5.34. The smallest absolute Gasteiger partial charge is 0.239 e. The molecule has 0 aliphatic carbocycles. The Bertz CT molecular complexity index is 352. The van der Waals surface area contributed by atoms with Gasteiger partial charge >= 0.3 is 0 Å². The highest BCUT2D eigenvalue weighted by Gasteiger charge is 2.03. The molecule has 7 heteroatoms. The third-order valence-electron chi connectivity index (χ3n) is 1.22. The van der Waals surface area contributed by atoms with Crippen LogP contribution in [-0.4, -0.2) is 24.1 Å². The van der Waals surface area contributed by atoms with E-state index in [1.807, 2.05) is 6.92 Å². The second-order valence-corrected chi connectivity index (χ2v) is 2.90. The van der Waals surface area contributed by atoms with Crippen molar-refractivity contribution < 1.29 is 0 Å². The molecule has 0 spiro atoms. The molecule has 2 heterocycles. The summed E-state index contributed by atoms with van der Waals surface area (Å²) >= 11 is 1.26. The van der Waals surface area contributed by atoms with Gasteiger partial charge < -0.3 is 5.73 Å². The molecule has 0 aliphatic heterocycles. The van der Waals surface area contributed by atoms with E-state index in [9.17, 15) is 0 Å². The van der Waals surface area contributed by atoms with Gasteiger partial charge in [-0.25, -0.2) is 9.97 Å². The number of nitrogens with two attached hydrogens (primary N) is 1. The Morgan fingerprint density at radius 3 is 2.92 bits per heavy atom. The highest BCUT2D eigenvalue weighted by molar-refractivity contribution is 7.08. The Labute approximate surface area is 72.2 Å². The van der Waals surface area contributed by atoms with Crippen LogP contribution in [0.3, 0.4) is 0 Å². The average molecular weight is 182 g/mol. The summed E-state index contributed by atoms with van der Waals surface area (Å²) in [5.41, 5.74) is 5.34. The normalized spacial score (nSPS) is 10.4. The molecule has 0 radical (unpaired) electrons. The lowest BCUT2D eigenvalue weighted by Crippen LogP contribution is -1.95. The summed E-state index contributed by atoms with van der Waals surface area (Å²) in [6, 6.07) is 0. The number of aromatic nitrogens is 5. The lowest BCUT2D eigenvalue weighted by atomic mass is 10.7. The second kappa shape index (κ2) is 2.52. The zero-order chi connectivity index (χ0) is 8.55. The van der Waals surface area contributed by atoms with E-state index in [1.54, 1.807) is 0 Å². The van der Waals surface area contributed by atoms with E-state index in [0.717, 1.165) is 5.82 Å². The van der Waals surface area contributed by atoms with E-state index >= 15 is 0 Å². The van der Waals surface area contributed by atoms with Gasteiger partial charge in [0.25, 0.3) is 0 Å². The highest BCUT2D eigenvalue weighted by Crippen LogP contribution is 2.08. The molecule has 0 bridgehead atoms. The predicted molar refractivity (Wildman–Crippen MR) is 44.0 cm³/mol. The minimum absolute atomic E-state index is 0.239. The van der Waals surface area contributed by atoms with E-state index in [4.69, 9.17) is 5.73 Å². The maximum absolute atomic E-state index is 5.34. The fraction of sp³-hybridized carbons (Fsp3) is 0.200. The molecule has 2 rings (SSSR count). The molecule has 62 valence electrons. The summed E-state index contributed by atoms with van der Waals surface area (Å²) in [5, 5.41) is 4.56. The van der Waals surface area contributed by atoms with Gasteiger partial charge in [0.15, 0.2) is 0 Å². The topological polar surface area (TPSA) is 82.5 Å². The summed E-state index contributed by atoms with van der Waals surface area (Å²) < 4.78 is 5.50. The fourth-order valence-electron chi connectivity index (χ4n) is 0.747. The molecule has 0 aromatic carbocycles. The van der Waals surface area contributed by atoms with Crippen LogP contribution in [0.5, 0.6) is 0 Å². The van der Waals surface area contributed by atoms with Gasteiger partial charge in [0.1, 0.15) is 12.2 Å². The van der Waals surface area contributed by atoms with Crippen molar-refractivity contribution in [1.82, 2.24) is 24.1 Å². The standard InChI is InChI=1S/C5H6N6S/c1-3-8-5(12-10-3)11-2-7-4(6)9-11/h2H,1H3,(H2,6,9). The Morgan fingerprint density at radius 2 is 2.42 bits per heavy atom. The van der Waals surface area contributed by atoms with Crippen molar-refractivity contribution in [1.29, 1.82) is 0 Å². The van der Waals surface area contributed by atoms with Crippen LogP contribution in [-0.2, 0) is 0 Å². The third-order valence-corrected chi connectivity index (χ3v) is 2.02. The number of aryl methyl sites for hydroxylation is 1. The van der Waals surface area contributed by atoms with E-state index < -0.39 is 0 Å². The summed E-state index contributed by atoms with van der Waals surface area (Å²) in [6.45, 7) is 1.82. The van der Waals surface area contributed by atoms with Gasteiger partial charge in [0.2, 0.25) is 11.1 Å². The zero-order valence-corrected chi connectivity index (χ0v) is 7.12. The maximum Gasteiger partial charge on any atom is 0.239 e. The quantitative estimate of drug-likeness (QED) is 0.671. The summed E-state index contributed by atoms with van der Waals surface area (Å²) in [6.07, 6.45) is 1.51. The van der Waals surface area contributed by atoms with Crippen LogP contribution in [0.4, 0.5) is 5.95 Å². The number of hydrogen-bond donors (Lipinski definition) is 1. The first-order chi connectivity index (χ1) is 5.75. The molecule has 2 N–H and O–H groups in total. The monoisotopic (exact) mass is 182 g/mol. The number of nitrogens with zero attached hydrogens (tertiary/aromatic N) is 5. The molecule has 2 aromatic rings. The molecule has 6 nitrogen and oxygen atoms in total. The van der Waals surface area contributed by atoms with Crippen molar-refractivity contribution >= 4 is 17.5 Å². The molecule has 0 saturated heterocycles. The predicted octanol–water partition coefficient (Wildman–Crippen LogP) is 0.00942. The van der Waals surface area contributed by atoms with Crippen LogP contribution in [0.15, 0.2) is 6.33 Å². The van der Waals surface area contributed by atoms with Gasteiger partial charge in [-0.05, 0) is 6.92 Å². The van der Waals surface area contributed by atoms with Crippen molar-refractivity contribution in [3.05, 3.63) is 12.2 Å². The van der Waals surface area contributed by atoms with Crippen molar-refractivity contribution in [2.24, 2.45) is 0 Å². The van der Waals surface area contributed by atoms with Crippen LogP contribution >= 0.6 is 11.5 Å². The molecule has 0 aliphatic rings. The molecule has 0 saturated carbocycles. The summed E-state index contributed by atoms with van der Waals surface area (Å²) in [7, 11) is 0. The van der Waals surface area contributed by atoms with E-state index in [1.165, 1.54) is 22.5 Å². The molecular formula is C5H6N6S. The molecule has 0 unspecified atom stereocenters.